The van der Waals surface area contributed by atoms with E-state index in [2.05, 4.69) is 10.6 Å². The molecule has 2 aromatic rings. The monoisotopic (exact) mass is 310 g/mol. The topological polar surface area (TPSA) is 71.3 Å². The Morgan fingerprint density at radius 1 is 1.33 bits per heavy atom. The maximum atomic E-state index is 13.0. The number of anilines is 1. The maximum absolute atomic E-state index is 13.0. The van der Waals surface area contributed by atoms with Gasteiger partial charge in [-0.3, -0.25) is 9.59 Å². The van der Waals surface area contributed by atoms with Gasteiger partial charge in [0.2, 0.25) is 5.91 Å². The van der Waals surface area contributed by atoms with E-state index in [1.54, 1.807) is 6.07 Å². The highest BCUT2D eigenvalue weighted by Crippen LogP contribution is 2.19. The Morgan fingerprint density at radius 2 is 2.10 bits per heavy atom. The standard InChI is InChI=1S/C14H12ClFN2O3/c1-8(17-14(20)12-3-2-6-21-12)13(19)18-9-4-5-11(16)10(15)7-9/h2-8H,1H3,(H,17,20)(H,18,19)/t8-/m1/s1. The normalized spacial score (nSPS) is 11.8. The number of hydrogen-bond donors (Lipinski definition) is 2. The molecule has 7 heteroatoms. The summed E-state index contributed by atoms with van der Waals surface area (Å²) in [6.45, 7) is 1.52. The molecule has 2 rings (SSSR count). The van der Waals surface area contributed by atoms with Crippen molar-refractivity contribution in [2.24, 2.45) is 0 Å². The number of hydrogen-bond acceptors (Lipinski definition) is 3. The summed E-state index contributed by atoms with van der Waals surface area (Å²) in [6, 6.07) is 6.06. The molecule has 0 aliphatic rings. The summed E-state index contributed by atoms with van der Waals surface area (Å²) < 4.78 is 17.9. The van der Waals surface area contributed by atoms with E-state index < -0.39 is 23.7 Å². The molecular weight excluding hydrogens is 299 g/mol. The summed E-state index contributed by atoms with van der Waals surface area (Å²) in [7, 11) is 0. The van der Waals surface area contributed by atoms with E-state index >= 15 is 0 Å². The predicted octanol–water partition coefficient (Wildman–Crippen LogP) is 2.83. The van der Waals surface area contributed by atoms with E-state index in [-0.39, 0.29) is 10.8 Å². The minimum absolute atomic E-state index is 0.0972. The Labute approximate surface area is 125 Å². The number of amides is 2. The van der Waals surface area contributed by atoms with Gasteiger partial charge in [-0.2, -0.15) is 0 Å². The molecule has 110 valence electrons. The number of nitrogens with one attached hydrogen (secondary N) is 2. The van der Waals surface area contributed by atoms with Crippen LogP contribution in [0.3, 0.4) is 0 Å². The van der Waals surface area contributed by atoms with Gasteiger partial charge in [0.25, 0.3) is 5.91 Å². The van der Waals surface area contributed by atoms with E-state index in [9.17, 15) is 14.0 Å². The van der Waals surface area contributed by atoms with Crippen LogP contribution in [0.1, 0.15) is 17.5 Å². The van der Waals surface area contributed by atoms with E-state index in [0.29, 0.717) is 5.69 Å². The van der Waals surface area contributed by atoms with Crippen molar-refractivity contribution < 1.29 is 18.4 Å². The molecule has 1 heterocycles. The van der Waals surface area contributed by atoms with E-state index in [4.69, 9.17) is 16.0 Å². The molecule has 0 fully saturated rings. The summed E-state index contributed by atoms with van der Waals surface area (Å²) in [6.07, 6.45) is 1.36. The van der Waals surface area contributed by atoms with Crippen LogP contribution in [0.5, 0.6) is 0 Å². The van der Waals surface area contributed by atoms with Gasteiger partial charge in [0.1, 0.15) is 11.9 Å². The van der Waals surface area contributed by atoms with Crippen molar-refractivity contribution in [3.8, 4) is 0 Å². The SMILES string of the molecule is C[C@@H](NC(=O)c1ccco1)C(=O)Nc1ccc(F)c(Cl)c1. The van der Waals surface area contributed by atoms with Gasteiger partial charge >= 0.3 is 0 Å². The number of furan rings is 1. The third-order valence-electron chi connectivity index (χ3n) is 2.67. The molecule has 0 spiro atoms. The Hall–Kier alpha value is -2.34. The molecule has 2 N–H and O–H groups in total. The van der Waals surface area contributed by atoms with Gasteiger partial charge in [0.05, 0.1) is 11.3 Å². The number of carbonyl (C=O) groups is 2. The molecule has 0 bridgehead atoms. The maximum Gasteiger partial charge on any atom is 0.287 e. The van der Waals surface area contributed by atoms with Gasteiger partial charge in [-0.1, -0.05) is 11.6 Å². The molecule has 1 aromatic carbocycles. The molecule has 0 aliphatic heterocycles. The highest BCUT2D eigenvalue weighted by molar-refractivity contribution is 6.31. The van der Waals surface area contributed by atoms with Crippen LogP contribution in [-0.2, 0) is 4.79 Å². The van der Waals surface area contributed by atoms with Crippen molar-refractivity contribution in [1.29, 1.82) is 0 Å². The first-order valence-corrected chi connectivity index (χ1v) is 6.45. The second-order valence-corrected chi connectivity index (χ2v) is 4.70. The summed E-state index contributed by atoms with van der Waals surface area (Å²) >= 11 is 5.62. The molecule has 0 saturated heterocycles. The van der Waals surface area contributed by atoms with Crippen molar-refractivity contribution in [3.05, 3.63) is 53.2 Å². The Kier molecular flexibility index (Phi) is 4.59. The number of benzene rings is 1. The smallest absolute Gasteiger partial charge is 0.287 e. The quantitative estimate of drug-likeness (QED) is 0.912. The zero-order valence-electron chi connectivity index (χ0n) is 11.0. The number of carbonyl (C=O) groups excluding carboxylic acids is 2. The van der Waals surface area contributed by atoms with Crippen LogP contribution in [-0.4, -0.2) is 17.9 Å². The lowest BCUT2D eigenvalue weighted by atomic mass is 10.2. The van der Waals surface area contributed by atoms with Gasteiger partial charge in [-0.25, -0.2) is 4.39 Å². The van der Waals surface area contributed by atoms with Crippen molar-refractivity contribution in [3.63, 3.8) is 0 Å². The highest BCUT2D eigenvalue weighted by atomic mass is 35.5. The molecule has 1 atom stereocenters. The second kappa shape index (κ2) is 6.41. The molecule has 0 saturated carbocycles. The molecule has 5 nitrogen and oxygen atoms in total. The van der Waals surface area contributed by atoms with Crippen molar-refractivity contribution in [2.45, 2.75) is 13.0 Å². The number of halogens is 2. The molecule has 0 unspecified atom stereocenters. The van der Waals surface area contributed by atoms with Crippen LogP contribution in [0, 0.1) is 5.82 Å². The first-order valence-electron chi connectivity index (χ1n) is 6.07. The molecule has 21 heavy (non-hydrogen) atoms. The Morgan fingerprint density at radius 3 is 2.71 bits per heavy atom. The van der Waals surface area contributed by atoms with Crippen LogP contribution in [0.25, 0.3) is 0 Å². The van der Waals surface area contributed by atoms with Gasteiger partial charge in [0.15, 0.2) is 5.76 Å². The summed E-state index contributed by atoms with van der Waals surface area (Å²) in [5.74, 6) is -1.43. The summed E-state index contributed by atoms with van der Waals surface area (Å²) in [5.41, 5.74) is 0.338. The fraction of sp³-hybridized carbons (Fsp3) is 0.143. The van der Waals surface area contributed by atoms with Crippen molar-refractivity contribution >= 4 is 29.1 Å². The minimum atomic E-state index is -0.800. The third kappa shape index (κ3) is 3.82. The third-order valence-corrected chi connectivity index (χ3v) is 2.96. The average molecular weight is 311 g/mol. The first kappa shape index (κ1) is 15.1. The highest BCUT2D eigenvalue weighted by Gasteiger charge is 2.18. The van der Waals surface area contributed by atoms with Gasteiger partial charge in [-0.05, 0) is 37.3 Å². The molecule has 1 aromatic heterocycles. The molecule has 0 aliphatic carbocycles. The lowest BCUT2D eigenvalue weighted by molar-refractivity contribution is -0.117. The summed E-state index contributed by atoms with van der Waals surface area (Å²) in [4.78, 5) is 23.6. The van der Waals surface area contributed by atoms with E-state index in [0.717, 1.165) is 6.07 Å². The first-order chi connectivity index (χ1) is 9.97. The van der Waals surface area contributed by atoms with Gasteiger partial charge in [-0.15, -0.1) is 0 Å². The van der Waals surface area contributed by atoms with Crippen molar-refractivity contribution in [1.82, 2.24) is 5.32 Å². The fourth-order valence-corrected chi connectivity index (χ4v) is 1.75. The fourth-order valence-electron chi connectivity index (χ4n) is 1.57. The van der Waals surface area contributed by atoms with Crippen LogP contribution in [0.15, 0.2) is 41.0 Å². The number of rotatable bonds is 4. The minimum Gasteiger partial charge on any atom is -0.459 e. The zero-order valence-corrected chi connectivity index (χ0v) is 11.8. The van der Waals surface area contributed by atoms with E-state index in [1.807, 2.05) is 0 Å². The largest absolute Gasteiger partial charge is 0.459 e. The van der Waals surface area contributed by atoms with Gasteiger partial charge in [0, 0.05) is 5.69 Å². The summed E-state index contributed by atoms with van der Waals surface area (Å²) in [5, 5.41) is 4.90. The second-order valence-electron chi connectivity index (χ2n) is 4.29. The lowest BCUT2D eigenvalue weighted by Crippen LogP contribution is -2.41. The van der Waals surface area contributed by atoms with E-state index in [1.165, 1.54) is 31.4 Å². The lowest BCUT2D eigenvalue weighted by Gasteiger charge is -2.13. The van der Waals surface area contributed by atoms with Crippen molar-refractivity contribution in [2.75, 3.05) is 5.32 Å². The van der Waals surface area contributed by atoms with Crippen LogP contribution >= 0.6 is 11.6 Å². The zero-order chi connectivity index (χ0) is 15.4. The predicted molar refractivity (Wildman–Crippen MR) is 75.7 cm³/mol. The Balaban J connectivity index is 1.96. The molecular formula is C14H12ClFN2O3. The average Bonchev–Trinajstić information content (AvgIpc) is 2.97. The van der Waals surface area contributed by atoms with Crippen LogP contribution in [0.2, 0.25) is 5.02 Å². The van der Waals surface area contributed by atoms with Crippen LogP contribution < -0.4 is 10.6 Å². The molecule has 2 amide bonds. The van der Waals surface area contributed by atoms with Crippen LogP contribution in [0.4, 0.5) is 10.1 Å². The Bertz CT molecular complexity index is 658. The van der Waals surface area contributed by atoms with Gasteiger partial charge < -0.3 is 15.1 Å². The molecule has 0 radical (unpaired) electrons.